The first-order chi connectivity index (χ1) is 10.7. The highest BCUT2D eigenvalue weighted by atomic mass is 79.9. The molecule has 0 aromatic heterocycles. The molecule has 1 aliphatic rings. The molecule has 0 bridgehead atoms. The first kappa shape index (κ1) is 17.7. The third-order valence-electron chi connectivity index (χ3n) is 4.40. The smallest absolute Gasteiger partial charge is 0.165 e. The molecule has 2 atom stereocenters. The minimum absolute atomic E-state index is 0.112. The number of ketones is 1. The van der Waals surface area contributed by atoms with E-state index in [9.17, 15) is 4.79 Å². The predicted octanol–water partition coefficient (Wildman–Crippen LogP) is 5.93. The van der Waals surface area contributed by atoms with Gasteiger partial charge in [-0.05, 0) is 37.8 Å². The van der Waals surface area contributed by atoms with Crippen LogP contribution in [0.1, 0.15) is 75.1 Å². The zero-order valence-electron chi connectivity index (χ0n) is 13.5. The van der Waals surface area contributed by atoms with Crippen LogP contribution in [0.15, 0.2) is 28.7 Å². The van der Waals surface area contributed by atoms with E-state index < -0.39 is 0 Å². The molecule has 0 unspecified atom stereocenters. The normalized spacial score (nSPS) is 21.7. The van der Waals surface area contributed by atoms with Crippen LogP contribution >= 0.6 is 15.9 Å². The molecule has 1 aromatic rings. The number of carbonyl (C=O) groups is 1. The number of carbonyl (C=O) groups excluding carboxylic acids is 1. The zero-order chi connectivity index (χ0) is 15.8. The van der Waals surface area contributed by atoms with Crippen molar-refractivity contribution in [2.75, 3.05) is 0 Å². The maximum atomic E-state index is 12.3. The van der Waals surface area contributed by atoms with Gasteiger partial charge in [-0.2, -0.15) is 0 Å². The van der Waals surface area contributed by atoms with Gasteiger partial charge in [0.15, 0.2) is 5.78 Å². The van der Waals surface area contributed by atoms with E-state index in [1.807, 2.05) is 24.3 Å². The van der Waals surface area contributed by atoms with Gasteiger partial charge in [-0.25, -0.2) is 0 Å². The molecule has 1 aromatic carbocycles. The molecule has 3 heteroatoms. The number of Topliss-reactive ketones (excluding diaryl/α,β-unsaturated/α-hetero) is 1. The lowest BCUT2D eigenvalue weighted by atomic mass is 9.95. The van der Waals surface area contributed by atoms with Crippen LogP contribution in [0.25, 0.3) is 0 Å². The number of unbranched alkanes of at least 4 members (excludes halogenated alkanes) is 3. The Hall–Kier alpha value is -0.670. The van der Waals surface area contributed by atoms with Crippen molar-refractivity contribution in [1.82, 2.24) is 0 Å². The molecule has 1 aliphatic heterocycles. The fraction of sp³-hybridized carbons (Fsp3) is 0.632. The highest BCUT2D eigenvalue weighted by molar-refractivity contribution is 9.10. The van der Waals surface area contributed by atoms with Gasteiger partial charge < -0.3 is 4.74 Å². The number of halogens is 1. The van der Waals surface area contributed by atoms with Gasteiger partial charge >= 0.3 is 0 Å². The Labute approximate surface area is 142 Å². The highest BCUT2D eigenvalue weighted by Crippen LogP contribution is 2.26. The molecule has 0 spiro atoms. The Morgan fingerprint density at radius 1 is 1.14 bits per heavy atom. The summed E-state index contributed by atoms with van der Waals surface area (Å²) >= 11 is 3.40. The predicted molar refractivity (Wildman–Crippen MR) is 94.4 cm³/mol. The minimum atomic E-state index is 0.112. The van der Waals surface area contributed by atoms with E-state index >= 15 is 0 Å². The van der Waals surface area contributed by atoms with Crippen molar-refractivity contribution < 1.29 is 9.53 Å². The molecule has 1 saturated heterocycles. The van der Waals surface area contributed by atoms with E-state index in [4.69, 9.17) is 4.74 Å². The van der Waals surface area contributed by atoms with Gasteiger partial charge in [0.05, 0.1) is 12.2 Å². The first-order valence-electron chi connectivity index (χ1n) is 8.63. The van der Waals surface area contributed by atoms with Crippen molar-refractivity contribution in [2.45, 2.75) is 76.9 Å². The topological polar surface area (TPSA) is 26.3 Å². The summed E-state index contributed by atoms with van der Waals surface area (Å²) in [5.74, 6) is 0.198. The molecule has 2 rings (SSSR count). The van der Waals surface area contributed by atoms with E-state index in [0.717, 1.165) is 29.3 Å². The fourth-order valence-electron chi connectivity index (χ4n) is 3.10. The van der Waals surface area contributed by atoms with E-state index in [1.54, 1.807) is 0 Å². The van der Waals surface area contributed by atoms with Crippen LogP contribution in [0, 0.1) is 0 Å². The van der Waals surface area contributed by atoms with Crippen molar-refractivity contribution in [3.63, 3.8) is 0 Å². The average molecular weight is 367 g/mol. The van der Waals surface area contributed by atoms with Crippen LogP contribution < -0.4 is 0 Å². The van der Waals surface area contributed by atoms with Crippen molar-refractivity contribution in [3.05, 3.63) is 34.3 Å². The third kappa shape index (κ3) is 5.85. The Kier molecular flexibility index (Phi) is 7.61. The van der Waals surface area contributed by atoms with Crippen molar-refractivity contribution >= 4 is 21.7 Å². The van der Waals surface area contributed by atoms with Crippen molar-refractivity contribution in [2.24, 2.45) is 0 Å². The molecular formula is C19H27BrO2. The standard InChI is InChI=1S/C19H27BrO2/c1-2-3-4-5-7-17-8-6-9-18(22-17)14-19(21)15-10-12-16(20)13-11-15/h10-13,17-18H,2-9,14H2,1H3/t17-,18-/m1/s1. The van der Waals surface area contributed by atoms with Gasteiger partial charge in [0, 0.05) is 16.5 Å². The van der Waals surface area contributed by atoms with Gasteiger partial charge in [-0.3, -0.25) is 4.79 Å². The Morgan fingerprint density at radius 3 is 2.59 bits per heavy atom. The van der Waals surface area contributed by atoms with Gasteiger partial charge in [0.25, 0.3) is 0 Å². The maximum Gasteiger partial charge on any atom is 0.165 e. The summed E-state index contributed by atoms with van der Waals surface area (Å²) in [6.07, 6.45) is 10.7. The second-order valence-electron chi connectivity index (χ2n) is 6.29. The van der Waals surface area contributed by atoms with E-state index in [0.29, 0.717) is 12.5 Å². The summed E-state index contributed by atoms with van der Waals surface area (Å²) < 4.78 is 7.16. The molecule has 22 heavy (non-hydrogen) atoms. The average Bonchev–Trinajstić information content (AvgIpc) is 2.52. The van der Waals surface area contributed by atoms with Gasteiger partial charge in [-0.1, -0.05) is 60.7 Å². The monoisotopic (exact) mass is 366 g/mol. The number of rotatable bonds is 8. The van der Waals surface area contributed by atoms with E-state index in [-0.39, 0.29) is 11.9 Å². The van der Waals surface area contributed by atoms with Gasteiger partial charge in [0.2, 0.25) is 0 Å². The summed E-state index contributed by atoms with van der Waals surface area (Å²) in [6, 6.07) is 7.62. The molecule has 0 N–H and O–H groups in total. The Bertz CT molecular complexity index is 455. The summed E-state index contributed by atoms with van der Waals surface area (Å²) in [7, 11) is 0. The van der Waals surface area contributed by atoms with Crippen molar-refractivity contribution in [3.8, 4) is 0 Å². The van der Waals surface area contributed by atoms with Crippen LogP contribution in [0.4, 0.5) is 0 Å². The summed E-state index contributed by atoms with van der Waals surface area (Å²) in [4.78, 5) is 12.3. The van der Waals surface area contributed by atoms with Crippen LogP contribution in [0.2, 0.25) is 0 Å². The SMILES string of the molecule is CCCCCC[C@@H]1CCC[C@H](CC(=O)c2ccc(Br)cc2)O1. The summed E-state index contributed by atoms with van der Waals surface area (Å²) in [5.41, 5.74) is 0.789. The van der Waals surface area contributed by atoms with Crippen LogP contribution in [-0.4, -0.2) is 18.0 Å². The maximum absolute atomic E-state index is 12.3. The molecule has 0 radical (unpaired) electrons. The van der Waals surface area contributed by atoms with Gasteiger partial charge in [-0.15, -0.1) is 0 Å². The molecule has 0 amide bonds. The lowest BCUT2D eigenvalue weighted by Gasteiger charge is -2.30. The molecule has 1 fully saturated rings. The minimum Gasteiger partial charge on any atom is -0.375 e. The molecule has 2 nitrogen and oxygen atoms in total. The highest BCUT2D eigenvalue weighted by Gasteiger charge is 2.24. The number of hydrogen-bond donors (Lipinski definition) is 0. The molecular weight excluding hydrogens is 340 g/mol. The van der Waals surface area contributed by atoms with Crippen LogP contribution in [0.5, 0.6) is 0 Å². The molecule has 122 valence electrons. The first-order valence-corrected chi connectivity index (χ1v) is 9.42. The van der Waals surface area contributed by atoms with E-state index in [1.165, 1.54) is 32.1 Å². The quantitative estimate of drug-likeness (QED) is 0.420. The molecule has 0 saturated carbocycles. The second-order valence-corrected chi connectivity index (χ2v) is 7.21. The number of hydrogen-bond acceptors (Lipinski definition) is 2. The van der Waals surface area contributed by atoms with Crippen LogP contribution in [0.3, 0.4) is 0 Å². The Morgan fingerprint density at radius 2 is 1.86 bits per heavy atom. The van der Waals surface area contributed by atoms with Crippen molar-refractivity contribution in [1.29, 1.82) is 0 Å². The lowest BCUT2D eigenvalue weighted by molar-refractivity contribution is -0.0531. The van der Waals surface area contributed by atoms with E-state index in [2.05, 4.69) is 22.9 Å². The van der Waals surface area contributed by atoms with Crippen LogP contribution in [-0.2, 0) is 4.74 Å². The molecule has 0 aliphatic carbocycles. The lowest BCUT2D eigenvalue weighted by Crippen LogP contribution is -2.29. The number of benzene rings is 1. The summed E-state index contributed by atoms with van der Waals surface area (Å²) in [6.45, 7) is 2.24. The largest absolute Gasteiger partial charge is 0.375 e. The van der Waals surface area contributed by atoms with Gasteiger partial charge in [0.1, 0.15) is 0 Å². The second kappa shape index (κ2) is 9.46. The number of ether oxygens (including phenoxy) is 1. The zero-order valence-corrected chi connectivity index (χ0v) is 15.1. The summed E-state index contributed by atoms with van der Waals surface area (Å²) in [5, 5.41) is 0. The fourth-order valence-corrected chi connectivity index (χ4v) is 3.37. The molecule has 1 heterocycles. The third-order valence-corrected chi connectivity index (χ3v) is 4.92. The Balaban J connectivity index is 1.77.